The number of hydroxylamine groups is 3. The maximum Gasteiger partial charge on any atom is 0.221 e. The first-order chi connectivity index (χ1) is 10.2. The molecule has 0 aliphatic carbocycles. The predicted octanol–water partition coefficient (Wildman–Crippen LogP) is 0.107. The highest BCUT2D eigenvalue weighted by atomic mass is 35.5. The van der Waals surface area contributed by atoms with Gasteiger partial charge in [0.05, 0.1) is 5.92 Å². The highest BCUT2D eigenvalue weighted by molar-refractivity contribution is 5.15. The number of hydrogen-bond acceptors (Lipinski definition) is 2. The molecule has 0 saturated carbocycles. The molecule has 1 fully saturated rings. The average Bonchev–Trinajstić information content (AvgIpc) is 2.75. The number of quaternary nitrogens is 1. The van der Waals surface area contributed by atoms with E-state index in [1.807, 2.05) is 43.3 Å². The minimum absolute atomic E-state index is 0. The van der Waals surface area contributed by atoms with Crippen molar-refractivity contribution in [3.05, 3.63) is 71.8 Å². The smallest absolute Gasteiger partial charge is 0.221 e. The zero-order chi connectivity index (χ0) is 14.7. The molecule has 118 valence electrons. The van der Waals surface area contributed by atoms with E-state index in [4.69, 9.17) is 4.84 Å². The molecule has 0 spiro atoms. The quantitative estimate of drug-likeness (QED) is 0.811. The summed E-state index contributed by atoms with van der Waals surface area (Å²) in [6.45, 7) is 4.42. The van der Waals surface area contributed by atoms with E-state index in [0.717, 1.165) is 19.6 Å². The van der Waals surface area contributed by atoms with Crippen LogP contribution in [-0.2, 0) is 17.9 Å². The second kappa shape index (κ2) is 7.25. The van der Waals surface area contributed by atoms with Crippen LogP contribution >= 0.6 is 0 Å². The fourth-order valence-electron chi connectivity index (χ4n) is 3.08. The van der Waals surface area contributed by atoms with Gasteiger partial charge < -0.3 is 17.5 Å². The molecule has 4 heteroatoms. The summed E-state index contributed by atoms with van der Waals surface area (Å²) < 4.78 is 0.455. The van der Waals surface area contributed by atoms with Crippen molar-refractivity contribution in [1.82, 2.24) is 0 Å². The van der Waals surface area contributed by atoms with Crippen LogP contribution in [0.4, 0.5) is 0 Å². The zero-order valence-corrected chi connectivity index (χ0v) is 13.5. The second-order valence-electron chi connectivity index (χ2n) is 6.00. The van der Waals surface area contributed by atoms with Crippen molar-refractivity contribution in [1.29, 1.82) is 0 Å². The monoisotopic (exact) mass is 319 g/mol. The molecule has 1 N–H and O–H groups in total. The molecule has 1 aliphatic rings. The Morgan fingerprint density at radius 2 is 1.41 bits per heavy atom. The Hall–Kier alpha value is -1.39. The van der Waals surface area contributed by atoms with E-state index in [1.54, 1.807) is 0 Å². The summed E-state index contributed by atoms with van der Waals surface area (Å²) in [5.74, 6) is 0.150. The summed E-state index contributed by atoms with van der Waals surface area (Å²) in [5.41, 5.74) is 2.46. The zero-order valence-electron chi connectivity index (χ0n) is 12.7. The number of halogens is 1. The Morgan fingerprint density at radius 3 is 1.77 bits per heavy atom. The Balaban J connectivity index is 0.00000176. The number of rotatable bonds is 4. The molecule has 2 unspecified atom stereocenters. The third-order valence-corrected chi connectivity index (χ3v) is 4.07. The SMILES string of the molecule is CC1C[N+](Cc2ccccc2)(Cc2ccccc2)OC1O.[Cl-]. The fraction of sp³-hybridized carbons (Fsp3) is 0.333. The van der Waals surface area contributed by atoms with Crippen LogP contribution in [0.2, 0.25) is 0 Å². The number of hydrogen-bond donors (Lipinski definition) is 1. The Bertz CT molecular complexity index is 523. The molecule has 3 rings (SSSR count). The number of aliphatic hydroxyl groups excluding tert-OH is 1. The van der Waals surface area contributed by atoms with Gasteiger partial charge in [0, 0.05) is 11.1 Å². The van der Waals surface area contributed by atoms with Crippen molar-refractivity contribution < 1.29 is 27.0 Å². The van der Waals surface area contributed by atoms with Gasteiger partial charge in [0.25, 0.3) is 0 Å². The lowest BCUT2D eigenvalue weighted by Gasteiger charge is -2.31. The van der Waals surface area contributed by atoms with Gasteiger partial charge in [0.15, 0.2) is 0 Å². The van der Waals surface area contributed by atoms with Crippen LogP contribution in [0.25, 0.3) is 0 Å². The highest BCUT2D eigenvalue weighted by Gasteiger charge is 2.45. The molecule has 0 bridgehead atoms. The van der Waals surface area contributed by atoms with E-state index in [9.17, 15) is 5.11 Å². The van der Waals surface area contributed by atoms with Crippen LogP contribution < -0.4 is 12.4 Å². The normalized spacial score (nSPS) is 23.0. The van der Waals surface area contributed by atoms with Crippen LogP contribution in [0.1, 0.15) is 18.1 Å². The molecule has 1 heterocycles. The van der Waals surface area contributed by atoms with E-state index in [1.165, 1.54) is 11.1 Å². The maximum atomic E-state index is 10.1. The van der Waals surface area contributed by atoms with Crippen LogP contribution in [0.15, 0.2) is 60.7 Å². The molecule has 0 aromatic heterocycles. The van der Waals surface area contributed by atoms with E-state index in [0.29, 0.717) is 4.65 Å². The van der Waals surface area contributed by atoms with E-state index >= 15 is 0 Å². The standard InChI is InChI=1S/C18H22NO2.ClH/c1-15-12-19(21-18(15)20,13-16-8-4-2-5-9-16)14-17-10-6-3-7-11-17;/h2-11,15,18,20H,12-14H2,1H3;1H/q+1;/p-1. The third kappa shape index (κ3) is 3.87. The molecule has 0 radical (unpaired) electrons. The second-order valence-corrected chi connectivity index (χ2v) is 6.00. The van der Waals surface area contributed by atoms with Crippen LogP contribution in [0.5, 0.6) is 0 Å². The molecule has 1 saturated heterocycles. The maximum absolute atomic E-state index is 10.1. The van der Waals surface area contributed by atoms with Gasteiger partial charge in [-0.3, -0.25) is 0 Å². The number of benzene rings is 2. The number of aliphatic hydroxyl groups is 1. The average molecular weight is 320 g/mol. The minimum atomic E-state index is -0.683. The highest BCUT2D eigenvalue weighted by Crippen LogP contribution is 2.31. The third-order valence-electron chi connectivity index (χ3n) is 4.07. The summed E-state index contributed by atoms with van der Waals surface area (Å²) in [4.78, 5) is 5.96. The van der Waals surface area contributed by atoms with Crippen LogP contribution in [0.3, 0.4) is 0 Å². The van der Waals surface area contributed by atoms with Crippen molar-refractivity contribution >= 4 is 0 Å². The fourth-order valence-corrected chi connectivity index (χ4v) is 3.08. The molecular weight excluding hydrogens is 298 g/mol. The van der Waals surface area contributed by atoms with E-state index in [2.05, 4.69) is 24.3 Å². The summed E-state index contributed by atoms with van der Waals surface area (Å²) in [5, 5.41) is 10.1. The molecule has 1 aliphatic heterocycles. The van der Waals surface area contributed by atoms with Crippen molar-refractivity contribution in [2.24, 2.45) is 5.92 Å². The molecule has 3 nitrogen and oxygen atoms in total. The Labute approximate surface area is 138 Å². The minimum Gasteiger partial charge on any atom is -1.00 e. The molecule has 22 heavy (non-hydrogen) atoms. The van der Waals surface area contributed by atoms with Crippen molar-refractivity contribution in [3.63, 3.8) is 0 Å². The van der Waals surface area contributed by atoms with Gasteiger partial charge >= 0.3 is 0 Å². The van der Waals surface area contributed by atoms with Gasteiger partial charge in [-0.05, 0) is 0 Å². The van der Waals surface area contributed by atoms with Gasteiger partial charge in [-0.15, -0.1) is 0 Å². The van der Waals surface area contributed by atoms with Crippen LogP contribution in [-0.4, -0.2) is 22.6 Å². The van der Waals surface area contributed by atoms with Gasteiger partial charge in [-0.2, -0.15) is 9.48 Å². The van der Waals surface area contributed by atoms with E-state index < -0.39 is 6.29 Å². The predicted molar refractivity (Wildman–Crippen MR) is 81.7 cm³/mol. The summed E-state index contributed by atoms with van der Waals surface area (Å²) in [6, 6.07) is 20.7. The first-order valence-corrected chi connectivity index (χ1v) is 7.47. The molecular formula is C18H22ClNO2. The first kappa shape index (κ1) is 17.0. The lowest BCUT2D eigenvalue weighted by atomic mass is 10.1. The van der Waals surface area contributed by atoms with E-state index in [-0.39, 0.29) is 18.3 Å². The van der Waals surface area contributed by atoms with Crippen LogP contribution in [0, 0.1) is 5.92 Å². The molecule has 2 atom stereocenters. The van der Waals surface area contributed by atoms with Crippen molar-refractivity contribution in [3.8, 4) is 0 Å². The Morgan fingerprint density at radius 1 is 0.955 bits per heavy atom. The molecule has 2 aromatic rings. The summed E-state index contributed by atoms with van der Waals surface area (Å²) >= 11 is 0. The first-order valence-electron chi connectivity index (χ1n) is 7.47. The Kier molecular flexibility index (Phi) is 5.59. The summed E-state index contributed by atoms with van der Waals surface area (Å²) in [7, 11) is 0. The van der Waals surface area contributed by atoms with Gasteiger partial charge in [0.1, 0.15) is 19.6 Å². The molecule has 0 amide bonds. The summed E-state index contributed by atoms with van der Waals surface area (Å²) in [6.07, 6.45) is -0.683. The van der Waals surface area contributed by atoms with Crippen molar-refractivity contribution in [2.75, 3.05) is 6.54 Å². The van der Waals surface area contributed by atoms with Crippen molar-refractivity contribution in [2.45, 2.75) is 26.3 Å². The van der Waals surface area contributed by atoms with Gasteiger partial charge in [0.2, 0.25) is 6.29 Å². The lowest BCUT2D eigenvalue weighted by Crippen LogP contribution is -3.00. The lowest BCUT2D eigenvalue weighted by molar-refractivity contribution is -1.12. The topological polar surface area (TPSA) is 29.5 Å². The molecule has 2 aromatic carbocycles. The number of nitrogens with zero attached hydrogens (tertiary/aromatic N) is 1. The largest absolute Gasteiger partial charge is 1.00 e. The van der Waals surface area contributed by atoms with Gasteiger partial charge in [-0.1, -0.05) is 67.6 Å². The van der Waals surface area contributed by atoms with Gasteiger partial charge in [-0.25, -0.2) is 0 Å².